The molecule has 0 saturated carbocycles. The predicted octanol–water partition coefficient (Wildman–Crippen LogP) is 3.14. The average molecular weight is 325 g/mol. The number of hydrogen-bond acceptors (Lipinski definition) is 2. The number of rotatable bonds is 5. The predicted molar refractivity (Wildman–Crippen MR) is 95.7 cm³/mol. The van der Waals surface area contributed by atoms with Gasteiger partial charge in [0.05, 0.1) is 6.20 Å². The molecule has 2 heterocycles. The van der Waals surface area contributed by atoms with Gasteiger partial charge in [-0.05, 0) is 49.7 Å². The van der Waals surface area contributed by atoms with E-state index in [0.29, 0.717) is 12.3 Å². The molecule has 1 fully saturated rings. The van der Waals surface area contributed by atoms with Crippen molar-refractivity contribution in [3.8, 4) is 0 Å². The molecule has 4 nitrogen and oxygen atoms in total. The number of hydrogen-bond donors (Lipinski definition) is 0. The monoisotopic (exact) mass is 325 g/mol. The maximum atomic E-state index is 12.5. The molecule has 0 unspecified atom stereocenters. The zero-order chi connectivity index (χ0) is 16.9. The summed E-state index contributed by atoms with van der Waals surface area (Å²) < 4.78 is 1.79. The SMILES string of the molecule is Cc1ccc(C[C@@H]2CCCN(C(=O)CCc3cnn(C)c3)C2)cc1. The van der Waals surface area contributed by atoms with Crippen LogP contribution in [0.4, 0.5) is 0 Å². The first kappa shape index (κ1) is 16.7. The third-order valence-electron chi connectivity index (χ3n) is 4.90. The maximum Gasteiger partial charge on any atom is 0.222 e. The van der Waals surface area contributed by atoms with Gasteiger partial charge in [-0.15, -0.1) is 0 Å². The zero-order valence-corrected chi connectivity index (χ0v) is 14.7. The first-order valence-corrected chi connectivity index (χ1v) is 8.91. The fourth-order valence-electron chi connectivity index (χ4n) is 3.53. The Morgan fingerprint density at radius 1 is 1.25 bits per heavy atom. The number of benzene rings is 1. The van der Waals surface area contributed by atoms with Gasteiger partial charge in [-0.1, -0.05) is 29.8 Å². The number of likely N-dealkylation sites (tertiary alicyclic amines) is 1. The molecule has 128 valence electrons. The van der Waals surface area contributed by atoms with Crippen LogP contribution in [-0.2, 0) is 24.7 Å². The summed E-state index contributed by atoms with van der Waals surface area (Å²) in [4.78, 5) is 14.6. The molecule has 1 aliphatic rings. The van der Waals surface area contributed by atoms with Crippen LogP contribution in [0.5, 0.6) is 0 Å². The molecule has 4 heteroatoms. The minimum absolute atomic E-state index is 0.285. The summed E-state index contributed by atoms with van der Waals surface area (Å²) in [6, 6.07) is 8.79. The van der Waals surface area contributed by atoms with E-state index in [1.165, 1.54) is 17.5 Å². The van der Waals surface area contributed by atoms with Crippen LogP contribution in [0.3, 0.4) is 0 Å². The largest absolute Gasteiger partial charge is 0.342 e. The Kier molecular flexibility index (Phi) is 5.34. The number of piperidine rings is 1. The third-order valence-corrected chi connectivity index (χ3v) is 4.90. The van der Waals surface area contributed by atoms with Crippen LogP contribution in [0.25, 0.3) is 0 Å². The highest BCUT2D eigenvalue weighted by atomic mass is 16.2. The van der Waals surface area contributed by atoms with E-state index >= 15 is 0 Å². The van der Waals surface area contributed by atoms with Gasteiger partial charge in [0, 0.05) is 32.8 Å². The van der Waals surface area contributed by atoms with E-state index in [0.717, 1.165) is 37.9 Å². The molecule has 1 saturated heterocycles. The molecular formula is C20H27N3O. The van der Waals surface area contributed by atoms with Crippen molar-refractivity contribution in [1.82, 2.24) is 14.7 Å². The second-order valence-electron chi connectivity index (χ2n) is 7.06. The van der Waals surface area contributed by atoms with Crippen LogP contribution < -0.4 is 0 Å². The van der Waals surface area contributed by atoms with Gasteiger partial charge in [-0.3, -0.25) is 9.48 Å². The maximum absolute atomic E-state index is 12.5. The Morgan fingerprint density at radius 3 is 2.75 bits per heavy atom. The normalized spacial score (nSPS) is 17.9. The summed E-state index contributed by atoms with van der Waals surface area (Å²) in [6.07, 6.45) is 8.63. The Labute approximate surface area is 144 Å². The number of carbonyl (C=O) groups is 1. The number of aromatic nitrogens is 2. The topological polar surface area (TPSA) is 38.1 Å². The standard InChI is InChI=1S/C20H27N3O/c1-16-5-7-17(8-6-16)12-18-4-3-11-23(15-18)20(24)10-9-19-13-21-22(2)14-19/h5-8,13-14,18H,3-4,9-12,15H2,1-2H3/t18-/m0/s1. The first-order valence-electron chi connectivity index (χ1n) is 8.91. The molecule has 0 aliphatic carbocycles. The van der Waals surface area contributed by atoms with Gasteiger partial charge in [0.1, 0.15) is 0 Å². The van der Waals surface area contributed by atoms with Gasteiger partial charge < -0.3 is 4.90 Å². The van der Waals surface area contributed by atoms with E-state index in [1.807, 2.05) is 19.4 Å². The molecule has 2 aromatic rings. The quantitative estimate of drug-likeness (QED) is 0.847. The molecule has 1 atom stereocenters. The van der Waals surface area contributed by atoms with Crippen molar-refractivity contribution < 1.29 is 4.79 Å². The molecule has 24 heavy (non-hydrogen) atoms. The minimum Gasteiger partial charge on any atom is -0.342 e. The van der Waals surface area contributed by atoms with Gasteiger partial charge in [-0.25, -0.2) is 0 Å². The lowest BCUT2D eigenvalue weighted by Crippen LogP contribution is -2.40. The molecule has 0 bridgehead atoms. The zero-order valence-electron chi connectivity index (χ0n) is 14.7. The van der Waals surface area contributed by atoms with Crippen LogP contribution in [0.2, 0.25) is 0 Å². The molecular weight excluding hydrogens is 298 g/mol. The molecule has 1 aromatic carbocycles. The molecule has 0 radical (unpaired) electrons. The van der Waals surface area contributed by atoms with Crippen molar-refractivity contribution in [2.45, 2.75) is 39.0 Å². The lowest BCUT2D eigenvalue weighted by Gasteiger charge is -2.33. The number of amides is 1. The van der Waals surface area contributed by atoms with E-state index in [-0.39, 0.29) is 5.91 Å². The van der Waals surface area contributed by atoms with Crippen molar-refractivity contribution in [3.05, 3.63) is 53.3 Å². The van der Waals surface area contributed by atoms with E-state index < -0.39 is 0 Å². The van der Waals surface area contributed by atoms with Crippen molar-refractivity contribution in [2.75, 3.05) is 13.1 Å². The van der Waals surface area contributed by atoms with Gasteiger partial charge in [0.15, 0.2) is 0 Å². The molecule has 0 N–H and O–H groups in total. The van der Waals surface area contributed by atoms with Crippen LogP contribution in [0.1, 0.15) is 36.0 Å². The van der Waals surface area contributed by atoms with E-state index in [1.54, 1.807) is 4.68 Å². The summed E-state index contributed by atoms with van der Waals surface area (Å²) in [5, 5.41) is 4.16. The Bertz CT molecular complexity index is 674. The summed E-state index contributed by atoms with van der Waals surface area (Å²) in [7, 11) is 1.91. The molecule has 1 amide bonds. The Balaban J connectivity index is 1.50. The van der Waals surface area contributed by atoms with Crippen molar-refractivity contribution in [1.29, 1.82) is 0 Å². The Morgan fingerprint density at radius 2 is 2.04 bits per heavy atom. The van der Waals surface area contributed by atoms with Crippen molar-refractivity contribution in [3.63, 3.8) is 0 Å². The highest BCUT2D eigenvalue weighted by Gasteiger charge is 2.23. The lowest BCUT2D eigenvalue weighted by molar-refractivity contribution is -0.132. The van der Waals surface area contributed by atoms with Crippen LogP contribution in [0.15, 0.2) is 36.7 Å². The van der Waals surface area contributed by atoms with Crippen LogP contribution >= 0.6 is 0 Å². The Hall–Kier alpha value is -2.10. The minimum atomic E-state index is 0.285. The molecule has 1 aromatic heterocycles. The second kappa shape index (κ2) is 7.65. The van der Waals surface area contributed by atoms with Crippen molar-refractivity contribution >= 4 is 5.91 Å². The van der Waals surface area contributed by atoms with E-state index in [9.17, 15) is 4.79 Å². The number of aryl methyl sites for hydroxylation is 3. The summed E-state index contributed by atoms with van der Waals surface area (Å²) in [5.41, 5.74) is 3.82. The summed E-state index contributed by atoms with van der Waals surface area (Å²) >= 11 is 0. The summed E-state index contributed by atoms with van der Waals surface area (Å²) in [5.74, 6) is 0.872. The number of nitrogens with zero attached hydrogens (tertiary/aromatic N) is 3. The first-order chi connectivity index (χ1) is 11.6. The highest BCUT2D eigenvalue weighted by molar-refractivity contribution is 5.76. The lowest BCUT2D eigenvalue weighted by atomic mass is 9.91. The fourth-order valence-corrected chi connectivity index (χ4v) is 3.53. The van der Waals surface area contributed by atoms with Gasteiger partial charge in [-0.2, -0.15) is 5.10 Å². The highest BCUT2D eigenvalue weighted by Crippen LogP contribution is 2.22. The van der Waals surface area contributed by atoms with Gasteiger partial charge >= 0.3 is 0 Å². The fraction of sp³-hybridized carbons (Fsp3) is 0.500. The van der Waals surface area contributed by atoms with Crippen LogP contribution in [-0.4, -0.2) is 33.7 Å². The number of carbonyl (C=O) groups excluding carboxylic acids is 1. The van der Waals surface area contributed by atoms with Gasteiger partial charge in [0.25, 0.3) is 0 Å². The molecule has 3 rings (SSSR count). The van der Waals surface area contributed by atoms with E-state index in [2.05, 4.69) is 41.2 Å². The van der Waals surface area contributed by atoms with E-state index in [4.69, 9.17) is 0 Å². The van der Waals surface area contributed by atoms with Crippen molar-refractivity contribution in [2.24, 2.45) is 13.0 Å². The second-order valence-corrected chi connectivity index (χ2v) is 7.06. The average Bonchev–Trinajstić information content (AvgIpc) is 3.00. The molecule has 0 spiro atoms. The molecule has 1 aliphatic heterocycles. The smallest absolute Gasteiger partial charge is 0.222 e. The van der Waals surface area contributed by atoms with Crippen LogP contribution in [0, 0.1) is 12.8 Å². The summed E-state index contributed by atoms with van der Waals surface area (Å²) in [6.45, 7) is 3.93. The third kappa shape index (κ3) is 4.47. The van der Waals surface area contributed by atoms with Gasteiger partial charge in [0.2, 0.25) is 5.91 Å².